The molecule has 1 N–H and O–H groups in total. The number of aromatic nitrogens is 2. The molecule has 8 nitrogen and oxygen atoms in total. The number of hydrogen-bond acceptors (Lipinski definition) is 7. The van der Waals surface area contributed by atoms with Gasteiger partial charge in [-0.3, -0.25) is 18.9 Å². The van der Waals surface area contributed by atoms with Crippen LogP contribution in [0.5, 0.6) is 0 Å². The average Bonchev–Trinajstić information content (AvgIpc) is 2.46. The number of carbonyl (C=O) groups excluding carboxylic acids is 1. The number of carbonyl (C=O) groups is 1. The Morgan fingerprint density at radius 2 is 2.00 bits per heavy atom. The average molecular weight is 348 g/mol. The summed E-state index contributed by atoms with van der Waals surface area (Å²) < 4.78 is 28.9. The number of esters is 1. The van der Waals surface area contributed by atoms with Crippen LogP contribution in [-0.4, -0.2) is 35.8 Å². The molecule has 0 radical (unpaired) electrons. The minimum Gasteiger partial charge on any atom is -0.465 e. The predicted octanol–water partition coefficient (Wildman–Crippen LogP) is 2.14. The van der Waals surface area contributed by atoms with E-state index in [0.29, 0.717) is 0 Å². The number of aromatic amines is 1. The van der Waals surface area contributed by atoms with Gasteiger partial charge in [0.2, 0.25) is 0 Å². The second kappa shape index (κ2) is 8.19. The molecule has 0 amide bonds. The molecule has 0 saturated heterocycles. The highest BCUT2D eigenvalue weighted by Gasteiger charge is 2.36. The summed E-state index contributed by atoms with van der Waals surface area (Å²) in [6, 6.07) is 1.20. The van der Waals surface area contributed by atoms with Crippen molar-refractivity contribution in [3.05, 3.63) is 32.7 Å². The van der Waals surface area contributed by atoms with Crippen LogP contribution in [0.25, 0.3) is 6.20 Å². The maximum Gasteiger partial charge on any atom is 0.370 e. The van der Waals surface area contributed by atoms with E-state index in [1.54, 1.807) is 13.8 Å². The first kappa shape index (κ1) is 18.5. The van der Waals surface area contributed by atoms with Crippen molar-refractivity contribution >= 4 is 32.0 Å². The molecule has 0 aromatic carbocycles. The Morgan fingerprint density at radius 3 is 2.45 bits per heavy atom. The Hall–Kier alpha value is -1.54. The highest BCUT2D eigenvalue weighted by atomic mass is 32.1. The van der Waals surface area contributed by atoms with Crippen molar-refractivity contribution < 1.29 is 23.1 Å². The van der Waals surface area contributed by atoms with Crippen molar-refractivity contribution in [1.29, 1.82) is 0 Å². The molecule has 0 fully saturated rings. The lowest BCUT2D eigenvalue weighted by Crippen LogP contribution is -2.13. The van der Waals surface area contributed by atoms with E-state index in [9.17, 15) is 14.2 Å². The van der Waals surface area contributed by atoms with Crippen LogP contribution in [0.2, 0.25) is 0 Å². The number of nitrogens with one attached hydrogen (secondary N) is 1. The maximum atomic E-state index is 12.8. The second-order valence-corrected chi connectivity index (χ2v) is 6.24. The van der Waals surface area contributed by atoms with Crippen LogP contribution in [0.15, 0.2) is 22.4 Å². The van der Waals surface area contributed by atoms with Crippen LogP contribution >= 0.6 is 19.8 Å². The van der Waals surface area contributed by atoms with E-state index in [1.807, 2.05) is 0 Å². The first-order valence-electron chi connectivity index (χ1n) is 6.39. The van der Waals surface area contributed by atoms with Crippen molar-refractivity contribution in [2.45, 2.75) is 13.8 Å². The second-order valence-electron chi connectivity index (χ2n) is 3.86. The maximum absolute atomic E-state index is 12.8. The summed E-state index contributed by atoms with van der Waals surface area (Å²) in [6.07, 6.45) is 2.49. The van der Waals surface area contributed by atoms with E-state index in [-0.39, 0.29) is 23.3 Å². The monoisotopic (exact) mass is 348 g/mol. The van der Waals surface area contributed by atoms with Crippen LogP contribution in [0.3, 0.4) is 0 Å². The van der Waals surface area contributed by atoms with Crippen LogP contribution in [0.4, 0.5) is 0 Å². The van der Waals surface area contributed by atoms with Crippen molar-refractivity contribution in [3.63, 3.8) is 0 Å². The Balaban J connectivity index is 3.48. The van der Waals surface area contributed by atoms with Gasteiger partial charge in [0, 0.05) is 18.5 Å². The van der Waals surface area contributed by atoms with Gasteiger partial charge in [0.1, 0.15) is 0 Å². The van der Waals surface area contributed by atoms with Crippen LogP contribution in [0, 0.1) is 4.77 Å². The molecule has 0 atom stereocenters. The van der Waals surface area contributed by atoms with E-state index < -0.39 is 19.1 Å². The normalized spacial score (nSPS) is 12.2. The van der Waals surface area contributed by atoms with Crippen LogP contribution < -0.4 is 5.56 Å². The molecule has 1 rings (SSSR count). The minimum atomic E-state index is -3.87. The standard InChI is InChI=1S/C12H17N2O6PS/c1-4-19-21(17,20-5-2)9(11(16)18-3)8-14-7-6-10(15)13-12(14)22/h6-8H,4-5H2,1-3H3,(H,13,15,22)/b9-8-. The largest absolute Gasteiger partial charge is 0.465 e. The van der Waals surface area contributed by atoms with Crippen LogP contribution in [0.1, 0.15) is 13.8 Å². The Kier molecular flexibility index (Phi) is 6.89. The quantitative estimate of drug-likeness (QED) is 0.349. The number of hydrogen-bond donors (Lipinski definition) is 1. The third kappa shape index (κ3) is 4.48. The van der Waals surface area contributed by atoms with Gasteiger partial charge in [-0.2, -0.15) is 0 Å². The van der Waals surface area contributed by atoms with Crippen molar-refractivity contribution in [3.8, 4) is 0 Å². The summed E-state index contributed by atoms with van der Waals surface area (Å²) >= 11 is 4.97. The summed E-state index contributed by atoms with van der Waals surface area (Å²) in [5.74, 6) is -0.877. The molecule has 0 bridgehead atoms. The number of H-pyrrole nitrogens is 1. The van der Waals surface area contributed by atoms with E-state index >= 15 is 0 Å². The molecule has 0 saturated carbocycles. The van der Waals surface area contributed by atoms with E-state index in [4.69, 9.17) is 21.3 Å². The summed E-state index contributed by atoms with van der Waals surface area (Å²) in [4.78, 5) is 25.5. The third-order valence-corrected chi connectivity index (χ3v) is 4.80. The Bertz CT molecular complexity index is 713. The predicted molar refractivity (Wildman–Crippen MR) is 83.0 cm³/mol. The topological polar surface area (TPSA) is 99.6 Å². The van der Waals surface area contributed by atoms with E-state index in [1.165, 1.54) is 16.8 Å². The molecule has 1 heterocycles. The molecule has 1 aromatic rings. The molecular weight excluding hydrogens is 331 g/mol. The molecule has 22 heavy (non-hydrogen) atoms. The van der Waals surface area contributed by atoms with Crippen LogP contribution in [-0.2, 0) is 23.1 Å². The first-order chi connectivity index (χ1) is 10.4. The van der Waals surface area contributed by atoms with Crippen molar-refractivity contribution in [1.82, 2.24) is 9.55 Å². The number of methoxy groups -OCH3 is 1. The van der Waals surface area contributed by atoms with E-state index in [2.05, 4.69) is 9.72 Å². The molecule has 0 spiro atoms. The molecule has 1 aromatic heterocycles. The van der Waals surface area contributed by atoms with Gasteiger partial charge in [-0.15, -0.1) is 0 Å². The lowest BCUT2D eigenvalue weighted by Gasteiger charge is -2.18. The zero-order valence-corrected chi connectivity index (χ0v) is 14.1. The smallest absolute Gasteiger partial charge is 0.370 e. The number of nitrogens with zero attached hydrogens (tertiary/aromatic N) is 1. The Morgan fingerprint density at radius 1 is 1.41 bits per heavy atom. The third-order valence-electron chi connectivity index (χ3n) is 2.40. The van der Waals surface area contributed by atoms with Gasteiger partial charge in [0.05, 0.1) is 20.3 Å². The molecule has 0 unspecified atom stereocenters. The van der Waals surface area contributed by atoms with Gasteiger partial charge in [-0.05, 0) is 26.1 Å². The molecule has 10 heteroatoms. The van der Waals surface area contributed by atoms with Gasteiger partial charge in [-0.1, -0.05) is 0 Å². The summed E-state index contributed by atoms with van der Waals surface area (Å²) in [5, 5.41) is -0.318. The molecule has 0 aliphatic rings. The van der Waals surface area contributed by atoms with Gasteiger partial charge >= 0.3 is 13.6 Å². The fourth-order valence-corrected chi connectivity index (χ4v) is 3.34. The van der Waals surface area contributed by atoms with Gasteiger partial charge < -0.3 is 13.8 Å². The molecule has 0 aliphatic heterocycles. The molecule has 122 valence electrons. The fourth-order valence-electron chi connectivity index (χ4n) is 1.52. The molecular formula is C12H17N2O6PS. The first-order valence-corrected chi connectivity index (χ1v) is 8.34. The summed E-state index contributed by atoms with van der Waals surface area (Å²) in [5.41, 5.74) is -0.396. The zero-order valence-electron chi connectivity index (χ0n) is 12.4. The van der Waals surface area contributed by atoms with Crippen molar-refractivity contribution in [2.24, 2.45) is 0 Å². The highest BCUT2D eigenvalue weighted by molar-refractivity contribution is 7.71. The number of ether oxygens (including phenoxy) is 1. The van der Waals surface area contributed by atoms with Gasteiger partial charge in [-0.25, -0.2) is 4.79 Å². The zero-order chi connectivity index (χ0) is 16.8. The lowest BCUT2D eigenvalue weighted by atomic mass is 10.5. The SMILES string of the molecule is CCOP(=O)(OCC)/C(=C\n1ccc(=O)[nH]c1=S)C(=O)OC. The molecule has 0 aliphatic carbocycles. The minimum absolute atomic E-state index is 0.0217. The van der Waals surface area contributed by atoms with Crippen molar-refractivity contribution in [2.75, 3.05) is 20.3 Å². The lowest BCUT2D eigenvalue weighted by molar-refractivity contribution is -0.135. The number of rotatable bonds is 7. The summed E-state index contributed by atoms with van der Waals surface area (Å²) in [7, 11) is -2.73. The Labute approximate surface area is 132 Å². The van der Waals surface area contributed by atoms with Gasteiger partial charge in [0.15, 0.2) is 10.1 Å². The van der Waals surface area contributed by atoms with Gasteiger partial charge in [0.25, 0.3) is 5.56 Å². The van der Waals surface area contributed by atoms with E-state index in [0.717, 1.165) is 13.3 Å². The fraction of sp³-hybridized carbons (Fsp3) is 0.417. The summed E-state index contributed by atoms with van der Waals surface area (Å²) in [6.45, 7) is 3.38. The highest BCUT2D eigenvalue weighted by Crippen LogP contribution is 2.56.